The van der Waals surface area contributed by atoms with E-state index in [1.165, 1.54) is 77.4 Å². The summed E-state index contributed by atoms with van der Waals surface area (Å²) in [5.41, 5.74) is -4.17. The van der Waals surface area contributed by atoms with Gasteiger partial charge in [-0.25, -0.2) is 0 Å². The van der Waals surface area contributed by atoms with Crippen molar-refractivity contribution in [2.24, 2.45) is 34.5 Å². The zero-order valence-corrected chi connectivity index (χ0v) is 62.6. The summed E-state index contributed by atoms with van der Waals surface area (Å²) in [7, 11) is -0.452. The van der Waals surface area contributed by atoms with Crippen LogP contribution in [0.4, 0.5) is 61.5 Å². The third kappa shape index (κ3) is 28.5. The van der Waals surface area contributed by atoms with Crippen molar-refractivity contribution in [1.29, 1.82) is 5.26 Å². The number of carbonyl (C=O) groups excluding carboxylic acids is 6. The van der Waals surface area contributed by atoms with Crippen LogP contribution in [0.25, 0.3) is 0 Å². The molecule has 0 aromatic rings. The third-order valence-electron chi connectivity index (χ3n) is 15.5. The van der Waals surface area contributed by atoms with Crippen LogP contribution >= 0.6 is 59.3 Å². The molecule has 0 bridgehead atoms. The number of nitrogens with zero attached hydrogens (tertiary/aromatic N) is 1. The normalized spacial score (nSPS) is 15.4. The number of hydrogen-bond donors (Lipinski definition) is 0. The summed E-state index contributed by atoms with van der Waals surface area (Å²) in [6.07, 6.45) is -0.303. The number of alkyl halides is 14. The van der Waals surface area contributed by atoms with E-state index in [-0.39, 0.29) is 56.5 Å². The Balaban J connectivity index is 8.35. The minimum absolute atomic E-state index is 0.106. The number of halogens is 14. The largest absolute Gasteiger partial charge is 0.465 e. The Hall–Kier alpha value is -2.87. The van der Waals surface area contributed by atoms with Crippen molar-refractivity contribution >= 4 is 116 Å². The topological polar surface area (TPSA) is 209 Å². The Morgan fingerprint density at radius 3 is 1.24 bits per heavy atom. The lowest BCUT2D eigenvalue weighted by molar-refractivity contribution is -0.440. The second kappa shape index (κ2) is 41.3. The van der Waals surface area contributed by atoms with Crippen molar-refractivity contribution in [3.8, 4) is 6.07 Å². The number of esters is 6. The van der Waals surface area contributed by atoms with Crippen LogP contribution in [0, 0.1) is 45.8 Å². The van der Waals surface area contributed by atoms with Crippen molar-refractivity contribution in [3.63, 3.8) is 0 Å². The van der Waals surface area contributed by atoms with E-state index in [0.717, 1.165) is 18.7 Å². The van der Waals surface area contributed by atoms with Crippen molar-refractivity contribution < 1.29 is 132 Å². The van der Waals surface area contributed by atoms with Crippen LogP contribution in [0.5, 0.6) is 0 Å². The molecule has 0 aromatic heterocycles. The molecule has 0 radical (unpaired) electrons. The lowest BCUT2D eigenvalue weighted by atomic mass is 9.68. The van der Waals surface area contributed by atoms with E-state index >= 15 is 17.6 Å². The smallest absolute Gasteiger partial charge is 0.384 e. The van der Waals surface area contributed by atoms with Gasteiger partial charge in [-0.15, -0.1) is 11.8 Å². The molecule has 0 spiro atoms. The van der Waals surface area contributed by atoms with Crippen LogP contribution < -0.4 is 0 Å². The molecule has 6 atom stereocenters. The zero-order chi connectivity index (χ0) is 74.6. The lowest BCUT2D eigenvalue weighted by Gasteiger charge is -2.42. The number of rotatable bonds is 51. The third-order valence-corrected chi connectivity index (χ3v) is 24.5. The minimum atomic E-state index is -8.34. The molecule has 0 fully saturated rings. The number of hydrogen-bond acceptors (Lipinski definition) is 21. The summed E-state index contributed by atoms with van der Waals surface area (Å²) >= 11 is 10.5. The molecule has 16 nitrogen and oxygen atoms in total. The number of nitriles is 1. The molecule has 0 aliphatic rings. The molecule has 0 rings (SSSR count). The Morgan fingerprint density at radius 2 is 0.854 bits per heavy atom. The van der Waals surface area contributed by atoms with Crippen LogP contribution in [0.1, 0.15) is 112 Å². The highest BCUT2D eigenvalue weighted by Crippen LogP contribution is 2.62. The number of thiocarbonyl (C=S) groups is 1. The molecule has 0 aliphatic heterocycles. The van der Waals surface area contributed by atoms with Gasteiger partial charge < -0.3 is 41.7 Å². The average molecular weight is 1540 g/mol. The molecule has 37 heteroatoms. The average Bonchev–Trinajstić information content (AvgIpc) is 0.704. The summed E-state index contributed by atoms with van der Waals surface area (Å²) < 4.78 is 253. The molecule has 0 heterocycles. The molecular formula is C59H93F14NO15S5Si2. The Labute approximate surface area is 578 Å². The van der Waals surface area contributed by atoms with Crippen molar-refractivity contribution in [1.82, 2.24) is 0 Å². The van der Waals surface area contributed by atoms with Gasteiger partial charge in [-0.1, -0.05) is 12.2 Å². The summed E-state index contributed by atoms with van der Waals surface area (Å²) in [6.45, 7) is 6.06. The molecule has 0 N–H and O–H groups in total. The lowest BCUT2D eigenvalue weighted by Crippen LogP contribution is -2.72. The molecule has 0 saturated carbocycles. The van der Waals surface area contributed by atoms with E-state index in [1.807, 2.05) is 25.4 Å². The molecule has 560 valence electrons. The quantitative estimate of drug-likeness (QED) is 0.0138. The fourth-order valence-electron chi connectivity index (χ4n) is 9.62. The molecule has 96 heavy (non-hydrogen) atoms. The van der Waals surface area contributed by atoms with Crippen molar-refractivity contribution in [2.75, 3.05) is 97.0 Å². The van der Waals surface area contributed by atoms with E-state index in [4.69, 9.17) is 53.9 Å². The predicted octanol–water partition coefficient (Wildman–Crippen LogP) is 15.2. The first-order valence-corrected chi connectivity index (χ1v) is 41.5. The van der Waals surface area contributed by atoms with Gasteiger partial charge >= 0.3 is 85.8 Å². The summed E-state index contributed by atoms with van der Waals surface area (Å²) in [5.74, 6) is -64.8. The Kier molecular flexibility index (Phi) is 40.1. The van der Waals surface area contributed by atoms with E-state index in [1.54, 1.807) is 19.1 Å². The maximum absolute atomic E-state index is 15.3. The van der Waals surface area contributed by atoms with E-state index in [2.05, 4.69) is 0 Å². The van der Waals surface area contributed by atoms with Gasteiger partial charge in [-0.05, 0) is 166 Å². The highest BCUT2D eigenvalue weighted by Gasteiger charge is 2.92. The monoisotopic (exact) mass is 1540 g/mol. The van der Waals surface area contributed by atoms with Gasteiger partial charge in [0.05, 0.1) is 86.6 Å². The first kappa shape index (κ1) is 93.1. The molecule has 0 amide bonds. The maximum Gasteiger partial charge on any atom is 0.384 e. The summed E-state index contributed by atoms with van der Waals surface area (Å²) in [4.78, 5) is 87.0. The zero-order valence-electron chi connectivity index (χ0n) is 56.6. The highest BCUT2D eigenvalue weighted by atomic mass is 32.2. The van der Waals surface area contributed by atoms with Crippen molar-refractivity contribution in [2.45, 2.75) is 190 Å². The summed E-state index contributed by atoms with van der Waals surface area (Å²) in [6, 6.07) is 2.71. The maximum atomic E-state index is 15.3. The van der Waals surface area contributed by atoms with Gasteiger partial charge in [0.25, 0.3) is 0 Å². The first-order chi connectivity index (χ1) is 44.0. The van der Waals surface area contributed by atoms with Crippen molar-refractivity contribution in [3.05, 3.63) is 0 Å². The Bertz CT molecular complexity index is 2510. The van der Waals surface area contributed by atoms with Gasteiger partial charge in [0.15, 0.2) is 8.32 Å². The van der Waals surface area contributed by atoms with Crippen LogP contribution in [0.15, 0.2) is 0 Å². The molecule has 0 saturated heterocycles. The molecule has 0 aromatic carbocycles. The van der Waals surface area contributed by atoms with Gasteiger partial charge in [0.2, 0.25) is 0 Å². The summed E-state index contributed by atoms with van der Waals surface area (Å²) in [5, 5.41) is 9.01. The fraction of sp³-hybridized carbons (Fsp3) is 0.864. The van der Waals surface area contributed by atoms with Gasteiger partial charge in [-0.2, -0.15) is 102 Å². The van der Waals surface area contributed by atoms with Crippen LogP contribution in [-0.4, -0.2) is 201 Å². The SMILES string of the molecule is CO[Si](C)(C)CCCOC(=O)C(CC(CC(CC(SC(C)=S)C(=O)OCCC[Si](C)(OC)OC)C(=O)OCCCSC)C(=O)OCCCSC)CC(CC(C)(CC(C)(C)C#N)C(=O)OCCC(F)(F)C(F)(F)C(F)(F)C(F)(F)C(F)(F)C(F)(F)C(C)(F)F)C(=O)OCCCSC. The molecular weight excluding hydrogens is 1450 g/mol. The predicted molar refractivity (Wildman–Crippen MR) is 347 cm³/mol. The van der Waals surface area contributed by atoms with E-state index < -0.39 is 186 Å². The van der Waals surface area contributed by atoms with Crippen LogP contribution in [0.2, 0.25) is 31.7 Å². The second-order valence-electron chi connectivity index (χ2n) is 24.7. The number of thioether (sulfide) groups is 4. The van der Waals surface area contributed by atoms with E-state index in [0.29, 0.717) is 48.6 Å². The number of carbonyl (C=O) groups is 6. The van der Waals surface area contributed by atoms with E-state index in [9.17, 15) is 77.9 Å². The van der Waals surface area contributed by atoms with Crippen LogP contribution in [-0.2, 0) is 70.5 Å². The first-order valence-electron chi connectivity index (χ1n) is 30.4. The Morgan fingerprint density at radius 1 is 0.490 bits per heavy atom. The molecule has 0 aliphatic carbocycles. The van der Waals surface area contributed by atoms with Gasteiger partial charge in [-0.3, -0.25) is 28.8 Å². The minimum Gasteiger partial charge on any atom is -0.465 e. The van der Waals surface area contributed by atoms with Gasteiger partial charge in [0.1, 0.15) is 5.25 Å². The van der Waals surface area contributed by atoms with Crippen LogP contribution in [0.3, 0.4) is 0 Å². The van der Waals surface area contributed by atoms with Gasteiger partial charge in [0, 0.05) is 32.4 Å². The number of ether oxygens (including phenoxy) is 6. The standard InChI is InChI=1S/C59H93F14NO15S5Si2/c1-39(90)94-44(49(79)88-25-19-31-96(14,82-7)83-8)35-42(47(77)85-22-16-28-92-10)33-40(45(75)84-21-15-27-91-9)32-41(46(76)87-24-18-30-95(12,13)81-6)34-43(48(78)86-23-17-29-93-11)36-52(4,37-51(2,3)38-74)50(80)89-26-20-54(62,63)56(66,67)58(70,71)59(72,73)57(68,69)55(64,65)53(5,60)61/h40-44H,15-37H2,1-14H3. The molecule has 6 unspecified atom stereocenters. The fourth-order valence-corrected chi connectivity index (χ4v) is 14.6. The second-order valence-corrected chi connectivity index (χ2v) is 38.0. The highest BCUT2D eigenvalue weighted by molar-refractivity contribution is 8.23.